The third-order valence-corrected chi connectivity index (χ3v) is 5.06. The van der Waals surface area contributed by atoms with Gasteiger partial charge in [-0.25, -0.2) is 12.7 Å². The SMILES string of the molecule is CN(C)S(=O)(=O)c1cccc(C(=O)NCC(=O)NCC(=O)NC(C)(C)C)c1. The lowest BCUT2D eigenvalue weighted by Gasteiger charge is -2.20. The van der Waals surface area contributed by atoms with Crippen LogP contribution in [0.2, 0.25) is 0 Å². The zero-order valence-corrected chi connectivity index (χ0v) is 16.9. The summed E-state index contributed by atoms with van der Waals surface area (Å²) in [4.78, 5) is 35.5. The summed E-state index contributed by atoms with van der Waals surface area (Å²) in [6.07, 6.45) is 0. The maximum Gasteiger partial charge on any atom is 0.251 e. The minimum absolute atomic E-state index is 0.0246. The molecule has 0 aliphatic carbocycles. The fourth-order valence-electron chi connectivity index (χ4n) is 1.98. The van der Waals surface area contributed by atoms with Crippen molar-refractivity contribution in [3.05, 3.63) is 29.8 Å². The summed E-state index contributed by atoms with van der Waals surface area (Å²) in [6.45, 7) is 4.90. The second-order valence-electron chi connectivity index (χ2n) is 7.07. The van der Waals surface area contributed by atoms with Gasteiger partial charge in [0, 0.05) is 25.2 Å². The van der Waals surface area contributed by atoms with E-state index in [4.69, 9.17) is 0 Å². The van der Waals surface area contributed by atoms with E-state index in [0.717, 1.165) is 4.31 Å². The predicted molar refractivity (Wildman–Crippen MR) is 101 cm³/mol. The summed E-state index contributed by atoms with van der Waals surface area (Å²) >= 11 is 0. The number of hydrogen-bond acceptors (Lipinski definition) is 5. The van der Waals surface area contributed by atoms with E-state index in [9.17, 15) is 22.8 Å². The zero-order chi connectivity index (χ0) is 20.8. The number of benzene rings is 1. The molecule has 0 aliphatic rings. The molecule has 0 spiro atoms. The summed E-state index contributed by atoms with van der Waals surface area (Å²) < 4.78 is 25.3. The number of hydrogen-bond donors (Lipinski definition) is 3. The van der Waals surface area contributed by atoms with E-state index in [1.165, 1.54) is 38.4 Å². The van der Waals surface area contributed by atoms with Crippen LogP contribution in [0.3, 0.4) is 0 Å². The molecule has 0 fully saturated rings. The van der Waals surface area contributed by atoms with E-state index in [1.807, 2.05) is 20.8 Å². The van der Waals surface area contributed by atoms with E-state index < -0.39 is 27.4 Å². The first kappa shape index (κ1) is 22.6. The Balaban J connectivity index is 2.60. The lowest BCUT2D eigenvalue weighted by molar-refractivity contribution is -0.126. The topological polar surface area (TPSA) is 125 Å². The normalized spacial score (nSPS) is 11.8. The molecule has 0 atom stereocenters. The lowest BCUT2D eigenvalue weighted by atomic mass is 10.1. The average molecular weight is 398 g/mol. The molecule has 1 rings (SSSR count). The van der Waals surface area contributed by atoms with Crippen LogP contribution < -0.4 is 16.0 Å². The Hall–Kier alpha value is -2.46. The third kappa shape index (κ3) is 7.35. The van der Waals surface area contributed by atoms with Gasteiger partial charge in [0.05, 0.1) is 18.0 Å². The van der Waals surface area contributed by atoms with Crippen molar-refractivity contribution in [2.24, 2.45) is 0 Å². The van der Waals surface area contributed by atoms with Crippen molar-refractivity contribution in [2.45, 2.75) is 31.2 Å². The van der Waals surface area contributed by atoms with Crippen LogP contribution in [-0.4, -0.2) is 63.2 Å². The smallest absolute Gasteiger partial charge is 0.251 e. The molecule has 0 bridgehead atoms. The van der Waals surface area contributed by atoms with Gasteiger partial charge in [0.25, 0.3) is 5.91 Å². The number of carbonyl (C=O) groups is 3. The van der Waals surface area contributed by atoms with Crippen molar-refractivity contribution in [1.29, 1.82) is 0 Å². The van der Waals surface area contributed by atoms with E-state index in [0.29, 0.717) is 0 Å². The molecule has 10 heteroatoms. The van der Waals surface area contributed by atoms with Gasteiger partial charge in [-0.05, 0) is 39.0 Å². The van der Waals surface area contributed by atoms with Crippen LogP contribution in [0.1, 0.15) is 31.1 Å². The molecule has 0 saturated carbocycles. The minimum Gasteiger partial charge on any atom is -0.350 e. The highest BCUT2D eigenvalue weighted by atomic mass is 32.2. The fraction of sp³-hybridized carbons (Fsp3) is 0.471. The number of sulfonamides is 1. The maximum absolute atomic E-state index is 12.1. The van der Waals surface area contributed by atoms with E-state index in [2.05, 4.69) is 16.0 Å². The van der Waals surface area contributed by atoms with Crippen molar-refractivity contribution in [1.82, 2.24) is 20.3 Å². The van der Waals surface area contributed by atoms with E-state index >= 15 is 0 Å². The first-order chi connectivity index (χ1) is 12.3. The summed E-state index contributed by atoms with van der Waals surface area (Å²) in [6, 6.07) is 5.51. The zero-order valence-electron chi connectivity index (χ0n) is 16.1. The molecule has 150 valence electrons. The predicted octanol–water partition coefficient (Wildman–Crippen LogP) is -0.302. The van der Waals surface area contributed by atoms with E-state index in [-0.39, 0.29) is 29.5 Å². The molecule has 9 nitrogen and oxygen atoms in total. The molecule has 27 heavy (non-hydrogen) atoms. The van der Waals surface area contributed by atoms with Crippen LogP contribution in [-0.2, 0) is 19.6 Å². The largest absolute Gasteiger partial charge is 0.350 e. The van der Waals surface area contributed by atoms with Crippen molar-refractivity contribution in [2.75, 3.05) is 27.2 Å². The molecular weight excluding hydrogens is 372 g/mol. The molecule has 0 heterocycles. The standard InChI is InChI=1S/C17H26N4O5S/c1-17(2,3)20-15(23)11-18-14(22)10-19-16(24)12-7-6-8-13(9-12)27(25,26)21(4)5/h6-9H,10-11H2,1-5H3,(H,18,22)(H,19,24)(H,20,23). The molecular formula is C17H26N4O5S. The molecule has 1 aromatic carbocycles. The molecule has 0 aliphatic heterocycles. The monoisotopic (exact) mass is 398 g/mol. The number of nitrogens with zero attached hydrogens (tertiary/aromatic N) is 1. The maximum atomic E-state index is 12.1. The molecule has 3 N–H and O–H groups in total. The van der Waals surface area contributed by atoms with Crippen LogP contribution in [0.15, 0.2) is 29.2 Å². The van der Waals surface area contributed by atoms with Gasteiger partial charge in [-0.15, -0.1) is 0 Å². The first-order valence-corrected chi connectivity index (χ1v) is 9.65. The van der Waals surface area contributed by atoms with Gasteiger partial charge in [-0.1, -0.05) is 6.07 Å². The minimum atomic E-state index is -3.67. The van der Waals surface area contributed by atoms with Gasteiger partial charge >= 0.3 is 0 Å². The Labute approximate surface area is 159 Å². The fourth-order valence-corrected chi connectivity index (χ4v) is 2.92. The third-order valence-electron chi connectivity index (χ3n) is 3.24. The second kappa shape index (κ2) is 8.96. The Kier molecular flexibility index (Phi) is 7.49. The van der Waals surface area contributed by atoms with Gasteiger partial charge in [0.1, 0.15) is 0 Å². The molecule has 0 aromatic heterocycles. The quantitative estimate of drug-likeness (QED) is 0.581. The van der Waals surface area contributed by atoms with Gasteiger partial charge in [-0.3, -0.25) is 14.4 Å². The molecule has 0 unspecified atom stereocenters. The van der Waals surface area contributed by atoms with Crippen LogP contribution in [0, 0.1) is 0 Å². The van der Waals surface area contributed by atoms with Crippen molar-refractivity contribution >= 4 is 27.7 Å². The molecule has 0 radical (unpaired) electrons. The summed E-state index contributed by atoms with van der Waals surface area (Å²) in [5.74, 6) is -1.48. The highest BCUT2D eigenvalue weighted by molar-refractivity contribution is 7.89. The number of amides is 3. The molecule has 1 aromatic rings. The van der Waals surface area contributed by atoms with Crippen LogP contribution >= 0.6 is 0 Å². The van der Waals surface area contributed by atoms with Gasteiger partial charge in [0.15, 0.2) is 0 Å². The summed E-state index contributed by atoms with van der Waals surface area (Å²) in [5.41, 5.74) is -0.301. The Morgan fingerprint density at radius 1 is 1.00 bits per heavy atom. The van der Waals surface area contributed by atoms with Crippen molar-refractivity contribution in [3.8, 4) is 0 Å². The number of carbonyl (C=O) groups excluding carboxylic acids is 3. The highest BCUT2D eigenvalue weighted by Gasteiger charge is 2.19. The average Bonchev–Trinajstić information content (AvgIpc) is 2.56. The summed E-state index contributed by atoms with van der Waals surface area (Å²) in [5, 5.41) is 7.47. The second-order valence-corrected chi connectivity index (χ2v) is 9.22. The lowest BCUT2D eigenvalue weighted by Crippen LogP contribution is -2.47. The van der Waals surface area contributed by atoms with Crippen LogP contribution in [0.5, 0.6) is 0 Å². The van der Waals surface area contributed by atoms with Crippen molar-refractivity contribution < 1.29 is 22.8 Å². The summed E-state index contributed by atoms with van der Waals surface area (Å²) in [7, 11) is -0.886. The van der Waals surface area contributed by atoms with Crippen LogP contribution in [0.25, 0.3) is 0 Å². The Morgan fingerprint density at radius 3 is 2.15 bits per heavy atom. The van der Waals surface area contributed by atoms with Crippen LogP contribution in [0.4, 0.5) is 0 Å². The van der Waals surface area contributed by atoms with Gasteiger partial charge in [-0.2, -0.15) is 0 Å². The Bertz CT molecular complexity index is 813. The highest BCUT2D eigenvalue weighted by Crippen LogP contribution is 2.14. The van der Waals surface area contributed by atoms with Gasteiger partial charge < -0.3 is 16.0 Å². The van der Waals surface area contributed by atoms with Gasteiger partial charge in [0.2, 0.25) is 21.8 Å². The first-order valence-electron chi connectivity index (χ1n) is 8.21. The Morgan fingerprint density at radius 2 is 1.59 bits per heavy atom. The molecule has 3 amide bonds. The van der Waals surface area contributed by atoms with Crippen molar-refractivity contribution in [3.63, 3.8) is 0 Å². The van der Waals surface area contributed by atoms with E-state index in [1.54, 1.807) is 0 Å². The number of rotatable bonds is 7. The number of nitrogens with one attached hydrogen (secondary N) is 3. The molecule has 0 saturated heterocycles.